The van der Waals surface area contributed by atoms with Gasteiger partial charge in [-0.25, -0.2) is 15.3 Å². The van der Waals surface area contributed by atoms with Crippen molar-refractivity contribution in [2.45, 2.75) is 6.92 Å². The molecule has 0 unspecified atom stereocenters. The number of hydrogen-bond donors (Lipinski definition) is 2. The van der Waals surface area contributed by atoms with E-state index < -0.39 is 5.63 Å². The van der Waals surface area contributed by atoms with Gasteiger partial charge in [0.15, 0.2) is 5.58 Å². The molecule has 5 heteroatoms. The minimum atomic E-state index is -0.691. The second kappa shape index (κ2) is 3.12. The first kappa shape index (κ1) is 8.71. The topological polar surface area (TPSA) is 75.4 Å². The number of aromatic nitrogens is 1. The Kier molecular flexibility index (Phi) is 1.94. The molecule has 0 amide bonds. The van der Waals surface area contributed by atoms with Gasteiger partial charge in [-0.05, 0) is 24.6 Å². The normalized spacial score (nSPS) is 10.4. The average molecular weight is 192 g/mol. The summed E-state index contributed by atoms with van der Waals surface area (Å²) in [5.74, 6) is -0.205. The van der Waals surface area contributed by atoms with Gasteiger partial charge < -0.3 is 4.42 Å². The number of fused-ring (bicyclic) bond motifs is 1. The number of nitrogens with zero attached hydrogens (tertiary/aromatic N) is 1. The molecule has 0 aliphatic rings. The fourth-order valence-corrected chi connectivity index (χ4v) is 1.19. The van der Waals surface area contributed by atoms with Gasteiger partial charge in [-0.1, -0.05) is 6.07 Å². The molecule has 0 aliphatic heterocycles. The Morgan fingerprint density at radius 1 is 1.50 bits per heavy atom. The van der Waals surface area contributed by atoms with Crippen LogP contribution in [0, 0.1) is 6.92 Å². The van der Waals surface area contributed by atoms with Crippen LogP contribution in [0.25, 0.3) is 11.1 Å². The summed E-state index contributed by atoms with van der Waals surface area (Å²) in [7, 11) is 0. The number of hydrogen-bond acceptors (Lipinski definition) is 5. The second-order valence-corrected chi connectivity index (χ2v) is 2.93. The summed E-state index contributed by atoms with van der Waals surface area (Å²) in [6, 6.07) is 5.25. The monoisotopic (exact) mass is 192 g/mol. The van der Waals surface area contributed by atoms with E-state index >= 15 is 0 Å². The number of aryl methyl sites for hydroxylation is 1. The van der Waals surface area contributed by atoms with Crippen molar-refractivity contribution in [1.29, 1.82) is 0 Å². The number of rotatable bonds is 1. The van der Waals surface area contributed by atoms with Gasteiger partial charge in [0, 0.05) is 0 Å². The fourth-order valence-electron chi connectivity index (χ4n) is 1.19. The molecule has 0 bridgehead atoms. The molecule has 0 saturated heterocycles. The standard InChI is InChI=1S/C9H8N2O3/c1-5-2-3-7-6(4-5)10-8(11-13)9(12)14-7/h2-4,13H,1H3,(H,10,11). The lowest BCUT2D eigenvalue weighted by molar-refractivity contribution is 0.380. The van der Waals surface area contributed by atoms with Crippen LogP contribution in [0.4, 0.5) is 5.82 Å². The molecular formula is C9H8N2O3. The molecule has 0 spiro atoms. The molecule has 2 aromatic rings. The molecule has 0 radical (unpaired) electrons. The van der Waals surface area contributed by atoms with Crippen LogP contribution < -0.4 is 11.1 Å². The van der Waals surface area contributed by atoms with Crippen LogP contribution in [0.15, 0.2) is 27.4 Å². The number of benzene rings is 1. The summed E-state index contributed by atoms with van der Waals surface area (Å²) in [4.78, 5) is 15.0. The van der Waals surface area contributed by atoms with Crippen LogP contribution in [0.2, 0.25) is 0 Å². The smallest absolute Gasteiger partial charge is 0.381 e. The summed E-state index contributed by atoms with van der Waals surface area (Å²) in [6.07, 6.45) is 0. The van der Waals surface area contributed by atoms with Crippen LogP contribution in [0.3, 0.4) is 0 Å². The number of anilines is 1. The van der Waals surface area contributed by atoms with Gasteiger partial charge in [0.25, 0.3) is 0 Å². The highest BCUT2D eigenvalue weighted by Gasteiger charge is 2.05. The van der Waals surface area contributed by atoms with Gasteiger partial charge in [-0.15, -0.1) is 0 Å². The highest BCUT2D eigenvalue weighted by Crippen LogP contribution is 2.12. The molecule has 1 heterocycles. The lowest BCUT2D eigenvalue weighted by Crippen LogP contribution is -2.09. The quantitative estimate of drug-likeness (QED) is 0.666. The first-order valence-electron chi connectivity index (χ1n) is 4.02. The predicted octanol–water partition coefficient (Wildman–Crippen LogP) is 1.30. The van der Waals surface area contributed by atoms with E-state index in [4.69, 9.17) is 9.62 Å². The maximum absolute atomic E-state index is 11.1. The molecule has 72 valence electrons. The van der Waals surface area contributed by atoms with Crippen LogP contribution in [0.5, 0.6) is 0 Å². The summed E-state index contributed by atoms with van der Waals surface area (Å²) in [5, 5.41) is 8.57. The zero-order chi connectivity index (χ0) is 10.1. The van der Waals surface area contributed by atoms with Crippen molar-refractivity contribution in [2.75, 3.05) is 5.48 Å². The van der Waals surface area contributed by atoms with Gasteiger partial charge in [-0.2, -0.15) is 0 Å². The summed E-state index contributed by atoms with van der Waals surface area (Å²) in [6.45, 7) is 1.90. The molecule has 1 aromatic heterocycles. The van der Waals surface area contributed by atoms with Crippen molar-refractivity contribution in [3.05, 3.63) is 34.2 Å². The van der Waals surface area contributed by atoms with E-state index in [9.17, 15) is 4.79 Å². The molecule has 0 saturated carbocycles. The highest BCUT2D eigenvalue weighted by atomic mass is 16.5. The molecular weight excluding hydrogens is 184 g/mol. The van der Waals surface area contributed by atoms with E-state index in [1.165, 1.54) is 0 Å². The Morgan fingerprint density at radius 3 is 3.00 bits per heavy atom. The lowest BCUT2D eigenvalue weighted by atomic mass is 10.2. The first-order chi connectivity index (χ1) is 6.70. The second-order valence-electron chi connectivity index (χ2n) is 2.93. The first-order valence-corrected chi connectivity index (χ1v) is 4.02. The van der Waals surface area contributed by atoms with E-state index in [-0.39, 0.29) is 5.82 Å². The Balaban J connectivity index is 2.80. The van der Waals surface area contributed by atoms with Crippen molar-refractivity contribution in [3.63, 3.8) is 0 Å². The number of nitrogens with one attached hydrogen (secondary N) is 1. The zero-order valence-electron chi connectivity index (χ0n) is 7.44. The van der Waals surface area contributed by atoms with Crippen molar-refractivity contribution in [2.24, 2.45) is 0 Å². The Bertz CT molecular complexity index is 533. The maximum atomic E-state index is 11.1. The molecule has 14 heavy (non-hydrogen) atoms. The van der Waals surface area contributed by atoms with Crippen LogP contribution in [-0.2, 0) is 0 Å². The maximum Gasteiger partial charge on any atom is 0.381 e. The fraction of sp³-hybridized carbons (Fsp3) is 0.111. The summed E-state index contributed by atoms with van der Waals surface area (Å²) in [5.41, 5.74) is 2.93. The van der Waals surface area contributed by atoms with Crippen LogP contribution >= 0.6 is 0 Å². The molecule has 1 aromatic carbocycles. The SMILES string of the molecule is Cc1ccc2oc(=O)c(NO)nc2c1. The zero-order valence-corrected chi connectivity index (χ0v) is 7.44. The van der Waals surface area contributed by atoms with E-state index in [0.717, 1.165) is 5.56 Å². The van der Waals surface area contributed by atoms with Crippen LogP contribution in [-0.4, -0.2) is 10.2 Å². The van der Waals surface area contributed by atoms with Gasteiger partial charge in [-0.3, -0.25) is 5.21 Å². The largest absolute Gasteiger partial charge is 0.418 e. The Labute approximate surface area is 79.0 Å². The van der Waals surface area contributed by atoms with Gasteiger partial charge in [0.1, 0.15) is 5.52 Å². The van der Waals surface area contributed by atoms with Crippen molar-refractivity contribution in [1.82, 2.24) is 4.98 Å². The molecule has 0 fully saturated rings. The van der Waals surface area contributed by atoms with E-state index in [1.54, 1.807) is 17.6 Å². The van der Waals surface area contributed by atoms with Crippen molar-refractivity contribution < 1.29 is 9.62 Å². The van der Waals surface area contributed by atoms with E-state index in [1.807, 2.05) is 13.0 Å². The Hall–Kier alpha value is -1.88. The molecule has 2 N–H and O–H groups in total. The van der Waals surface area contributed by atoms with Gasteiger partial charge >= 0.3 is 5.63 Å². The molecule has 0 atom stereocenters. The van der Waals surface area contributed by atoms with Crippen molar-refractivity contribution in [3.8, 4) is 0 Å². The minimum Gasteiger partial charge on any atom is -0.418 e. The third-order valence-electron chi connectivity index (χ3n) is 1.85. The summed E-state index contributed by atoms with van der Waals surface area (Å²) >= 11 is 0. The third-order valence-corrected chi connectivity index (χ3v) is 1.85. The third kappa shape index (κ3) is 1.33. The van der Waals surface area contributed by atoms with E-state index in [2.05, 4.69) is 4.98 Å². The molecule has 5 nitrogen and oxygen atoms in total. The lowest BCUT2D eigenvalue weighted by Gasteiger charge is -1.99. The predicted molar refractivity (Wildman–Crippen MR) is 50.4 cm³/mol. The molecule has 0 aliphatic carbocycles. The average Bonchev–Trinajstić information content (AvgIpc) is 2.17. The van der Waals surface area contributed by atoms with Gasteiger partial charge in [0.05, 0.1) is 0 Å². The highest BCUT2D eigenvalue weighted by molar-refractivity contribution is 5.73. The molecule has 2 rings (SSSR count). The van der Waals surface area contributed by atoms with Crippen LogP contribution in [0.1, 0.15) is 5.56 Å². The van der Waals surface area contributed by atoms with Gasteiger partial charge in [0.2, 0.25) is 5.82 Å². The minimum absolute atomic E-state index is 0.205. The Morgan fingerprint density at radius 2 is 2.29 bits per heavy atom. The van der Waals surface area contributed by atoms with E-state index in [0.29, 0.717) is 11.1 Å². The van der Waals surface area contributed by atoms with Crippen molar-refractivity contribution >= 4 is 16.9 Å². The summed E-state index contributed by atoms with van der Waals surface area (Å²) < 4.78 is 4.90.